The van der Waals surface area contributed by atoms with Gasteiger partial charge in [0.1, 0.15) is 0 Å². The second kappa shape index (κ2) is 6.96. The van der Waals surface area contributed by atoms with Gasteiger partial charge in [-0.2, -0.15) is 0 Å². The van der Waals surface area contributed by atoms with Gasteiger partial charge in [0.05, 0.1) is 20.3 Å². The van der Waals surface area contributed by atoms with Crippen LogP contribution in [0.15, 0.2) is 30.4 Å². The molecule has 116 valence electrons. The standard InChI is InChI=1S/C17H25NO3/c1-18-11-10-17(8-6-14(19)7-9-17)13-4-5-15(20-2)16(12-13)21-3/h4-6,8,12,14,18-19H,7,9-11H2,1-3H3/t14-,17-/m1/s1. The molecule has 0 heterocycles. The van der Waals surface area contributed by atoms with Crippen LogP contribution in [0.4, 0.5) is 0 Å². The minimum Gasteiger partial charge on any atom is -0.493 e. The summed E-state index contributed by atoms with van der Waals surface area (Å²) >= 11 is 0. The predicted molar refractivity (Wildman–Crippen MR) is 84.1 cm³/mol. The van der Waals surface area contributed by atoms with Crippen LogP contribution >= 0.6 is 0 Å². The molecule has 0 unspecified atom stereocenters. The number of hydrogen-bond acceptors (Lipinski definition) is 4. The van der Waals surface area contributed by atoms with Crippen molar-refractivity contribution in [2.75, 3.05) is 27.8 Å². The first-order valence-electron chi connectivity index (χ1n) is 7.40. The van der Waals surface area contributed by atoms with E-state index in [0.29, 0.717) is 0 Å². The van der Waals surface area contributed by atoms with Crippen LogP contribution in [0.3, 0.4) is 0 Å². The van der Waals surface area contributed by atoms with Gasteiger partial charge < -0.3 is 19.9 Å². The molecule has 0 aliphatic heterocycles. The highest BCUT2D eigenvalue weighted by Gasteiger charge is 2.32. The third-order valence-electron chi connectivity index (χ3n) is 4.30. The number of hydrogen-bond donors (Lipinski definition) is 2. The van der Waals surface area contributed by atoms with Crippen molar-refractivity contribution < 1.29 is 14.6 Å². The summed E-state index contributed by atoms with van der Waals surface area (Å²) in [5, 5.41) is 13.0. The maximum atomic E-state index is 9.75. The molecule has 2 atom stereocenters. The van der Waals surface area contributed by atoms with Gasteiger partial charge in [-0.3, -0.25) is 0 Å². The fraction of sp³-hybridized carbons (Fsp3) is 0.529. The summed E-state index contributed by atoms with van der Waals surface area (Å²) in [6.45, 7) is 0.925. The van der Waals surface area contributed by atoms with Gasteiger partial charge in [0.15, 0.2) is 11.5 Å². The molecule has 21 heavy (non-hydrogen) atoms. The SMILES string of the molecule is CNCC[C@@]1(c2ccc(OC)c(OC)c2)C=C[C@@H](O)CC1. The lowest BCUT2D eigenvalue weighted by Gasteiger charge is -2.35. The summed E-state index contributed by atoms with van der Waals surface area (Å²) in [5.74, 6) is 1.49. The molecule has 4 nitrogen and oxygen atoms in total. The monoisotopic (exact) mass is 291 g/mol. The van der Waals surface area contributed by atoms with Crippen LogP contribution in [-0.2, 0) is 5.41 Å². The Balaban J connectivity index is 2.39. The molecule has 2 N–H and O–H groups in total. The summed E-state index contributed by atoms with van der Waals surface area (Å²) < 4.78 is 10.7. The molecule has 1 aliphatic carbocycles. The lowest BCUT2D eigenvalue weighted by Crippen LogP contribution is -2.32. The Labute approximate surface area is 126 Å². The number of aliphatic hydroxyl groups excluding tert-OH is 1. The average molecular weight is 291 g/mol. The van der Waals surface area contributed by atoms with E-state index in [2.05, 4.69) is 23.5 Å². The third kappa shape index (κ3) is 3.39. The highest BCUT2D eigenvalue weighted by molar-refractivity contribution is 5.47. The minimum absolute atomic E-state index is 0.0538. The third-order valence-corrected chi connectivity index (χ3v) is 4.30. The Kier molecular flexibility index (Phi) is 5.26. The van der Waals surface area contributed by atoms with Crippen molar-refractivity contribution in [2.45, 2.75) is 30.8 Å². The van der Waals surface area contributed by atoms with Crippen LogP contribution in [0.1, 0.15) is 24.8 Å². The van der Waals surface area contributed by atoms with Gasteiger partial charge in [0, 0.05) is 5.41 Å². The van der Waals surface area contributed by atoms with Crippen molar-refractivity contribution in [1.29, 1.82) is 0 Å². The fourth-order valence-corrected chi connectivity index (χ4v) is 2.97. The largest absolute Gasteiger partial charge is 0.493 e. The molecule has 0 bridgehead atoms. The van der Waals surface area contributed by atoms with E-state index in [1.54, 1.807) is 14.2 Å². The smallest absolute Gasteiger partial charge is 0.161 e. The zero-order valence-corrected chi connectivity index (χ0v) is 13.1. The summed E-state index contributed by atoms with van der Waals surface area (Å²) in [5.41, 5.74) is 1.15. The molecule has 0 saturated carbocycles. The number of ether oxygens (including phenoxy) is 2. The molecule has 0 fully saturated rings. The lowest BCUT2D eigenvalue weighted by molar-refractivity contribution is 0.186. The molecule has 2 rings (SSSR count). The predicted octanol–water partition coefficient (Wildman–Crippen LogP) is 2.26. The maximum absolute atomic E-state index is 9.75. The topological polar surface area (TPSA) is 50.7 Å². The molecule has 0 aromatic heterocycles. The molecule has 0 amide bonds. The van der Waals surface area contributed by atoms with Gasteiger partial charge in [0.25, 0.3) is 0 Å². The van der Waals surface area contributed by atoms with Gasteiger partial charge in [0.2, 0.25) is 0 Å². The van der Waals surface area contributed by atoms with E-state index in [1.165, 1.54) is 5.56 Å². The number of rotatable bonds is 6. The van der Waals surface area contributed by atoms with Crippen molar-refractivity contribution in [3.8, 4) is 11.5 Å². The normalized spacial score (nSPS) is 24.9. The second-order valence-corrected chi connectivity index (χ2v) is 5.54. The van der Waals surface area contributed by atoms with Crippen molar-refractivity contribution >= 4 is 0 Å². The Morgan fingerprint density at radius 2 is 2.05 bits per heavy atom. The van der Waals surface area contributed by atoms with E-state index in [0.717, 1.165) is 37.3 Å². The van der Waals surface area contributed by atoms with Crippen LogP contribution in [0.2, 0.25) is 0 Å². The van der Waals surface area contributed by atoms with Crippen LogP contribution in [0, 0.1) is 0 Å². The van der Waals surface area contributed by atoms with E-state index in [9.17, 15) is 5.11 Å². The number of nitrogens with one attached hydrogen (secondary N) is 1. The molecule has 1 aliphatic rings. The molecule has 4 heteroatoms. The zero-order chi connectivity index (χ0) is 15.3. The summed E-state index contributed by atoms with van der Waals surface area (Å²) in [6.07, 6.45) is 6.45. The first kappa shape index (κ1) is 15.9. The van der Waals surface area contributed by atoms with Gasteiger partial charge in [-0.1, -0.05) is 18.2 Å². The van der Waals surface area contributed by atoms with E-state index in [4.69, 9.17) is 9.47 Å². The van der Waals surface area contributed by atoms with Crippen LogP contribution in [0.25, 0.3) is 0 Å². The van der Waals surface area contributed by atoms with Gasteiger partial charge in [-0.15, -0.1) is 0 Å². The van der Waals surface area contributed by atoms with E-state index in [-0.39, 0.29) is 11.5 Å². The van der Waals surface area contributed by atoms with E-state index in [1.807, 2.05) is 19.2 Å². The number of methoxy groups -OCH3 is 2. The Hall–Kier alpha value is -1.52. The van der Waals surface area contributed by atoms with Gasteiger partial charge >= 0.3 is 0 Å². The molecule has 1 aromatic carbocycles. The molecular weight excluding hydrogens is 266 g/mol. The fourth-order valence-electron chi connectivity index (χ4n) is 2.97. The first-order valence-corrected chi connectivity index (χ1v) is 7.40. The van der Waals surface area contributed by atoms with Crippen molar-refractivity contribution in [1.82, 2.24) is 5.32 Å². The van der Waals surface area contributed by atoms with Crippen LogP contribution in [-0.4, -0.2) is 39.0 Å². The quantitative estimate of drug-likeness (QED) is 0.789. The van der Waals surface area contributed by atoms with Crippen molar-refractivity contribution in [2.24, 2.45) is 0 Å². The van der Waals surface area contributed by atoms with Crippen LogP contribution < -0.4 is 14.8 Å². The molecule has 0 radical (unpaired) electrons. The first-order chi connectivity index (χ1) is 10.1. The van der Waals surface area contributed by atoms with Gasteiger partial charge in [-0.05, 0) is 50.6 Å². The van der Waals surface area contributed by atoms with Gasteiger partial charge in [-0.25, -0.2) is 0 Å². The molecule has 1 aromatic rings. The summed E-state index contributed by atoms with van der Waals surface area (Å²) in [6, 6.07) is 6.10. The number of benzene rings is 1. The number of allylic oxidation sites excluding steroid dienone is 1. The number of aliphatic hydroxyl groups is 1. The Bertz CT molecular complexity index is 501. The lowest BCUT2D eigenvalue weighted by atomic mass is 9.70. The minimum atomic E-state index is -0.326. The second-order valence-electron chi connectivity index (χ2n) is 5.54. The highest BCUT2D eigenvalue weighted by Crippen LogP contribution is 2.41. The highest BCUT2D eigenvalue weighted by atomic mass is 16.5. The Morgan fingerprint density at radius 1 is 1.29 bits per heavy atom. The molecule has 0 spiro atoms. The van der Waals surface area contributed by atoms with E-state index >= 15 is 0 Å². The summed E-state index contributed by atoms with van der Waals surface area (Å²) in [7, 11) is 5.26. The van der Waals surface area contributed by atoms with Crippen molar-refractivity contribution in [3.05, 3.63) is 35.9 Å². The molecular formula is C17H25NO3. The Morgan fingerprint density at radius 3 is 2.62 bits per heavy atom. The van der Waals surface area contributed by atoms with Crippen LogP contribution in [0.5, 0.6) is 11.5 Å². The maximum Gasteiger partial charge on any atom is 0.161 e. The zero-order valence-electron chi connectivity index (χ0n) is 13.1. The molecule has 0 saturated heterocycles. The summed E-state index contributed by atoms with van der Waals surface area (Å²) in [4.78, 5) is 0. The van der Waals surface area contributed by atoms with Crippen molar-refractivity contribution in [3.63, 3.8) is 0 Å². The van der Waals surface area contributed by atoms with E-state index < -0.39 is 0 Å². The average Bonchev–Trinajstić information content (AvgIpc) is 2.54.